The van der Waals surface area contributed by atoms with Crippen molar-refractivity contribution in [2.24, 2.45) is 0 Å². The van der Waals surface area contributed by atoms with Crippen molar-refractivity contribution in [3.8, 4) is 0 Å². The van der Waals surface area contributed by atoms with Gasteiger partial charge < -0.3 is 0 Å². The van der Waals surface area contributed by atoms with Crippen LogP contribution >= 0.6 is 0 Å². The van der Waals surface area contributed by atoms with Gasteiger partial charge in [0.15, 0.2) is 0 Å². The average Bonchev–Trinajstić information content (AvgIpc) is 2.44. The summed E-state index contributed by atoms with van der Waals surface area (Å²) in [5.74, 6) is 0. The molecule has 2 rings (SSSR count). The number of rotatable bonds is 6. The lowest BCUT2D eigenvalue weighted by molar-refractivity contribution is 0.197. The van der Waals surface area contributed by atoms with Crippen LogP contribution in [0.1, 0.15) is 5.56 Å². The zero-order valence-electron chi connectivity index (χ0n) is 10.7. The second kappa shape index (κ2) is 6.51. The maximum atomic E-state index is 10.9. The van der Waals surface area contributed by atoms with Crippen molar-refractivity contribution in [2.75, 3.05) is 12.1 Å². The summed E-state index contributed by atoms with van der Waals surface area (Å²) < 4.78 is 30.6. The van der Waals surface area contributed by atoms with E-state index in [-0.39, 0.29) is 4.90 Å². The van der Waals surface area contributed by atoms with Crippen LogP contribution in [0.5, 0.6) is 0 Å². The van der Waals surface area contributed by atoms with E-state index in [9.17, 15) is 8.42 Å². The van der Waals surface area contributed by atoms with Crippen LogP contribution in [0.15, 0.2) is 59.5 Å². The Morgan fingerprint density at radius 1 is 1.00 bits per heavy atom. The molecular weight excluding hydrogens is 278 g/mol. The molecule has 2 aromatic rings. The quantitative estimate of drug-likeness (QED) is 0.486. The lowest BCUT2D eigenvalue weighted by Crippen LogP contribution is -2.05. The molecule has 0 atom stereocenters. The summed E-state index contributed by atoms with van der Waals surface area (Å²) in [5, 5.41) is 0. The van der Waals surface area contributed by atoms with Crippen LogP contribution in [0.3, 0.4) is 0 Å². The Balaban J connectivity index is 1.80. The van der Waals surface area contributed by atoms with Gasteiger partial charge >= 0.3 is 0 Å². The van der Waals surface area contributed by atoms with Gasteiger partial charge in [-0.2, -0.15) is 8.42 Å². The Labute approximate surface area is 117 Å². The van der Waals surface area contributed by atoms with E-state index < -0.39 is 10.1 Å². The van der Waals surface area contributed by atoms with Crippen LogP contribution in [0.2, 0.25) is 0 Å². The molecule has 0 aliphatic heterocycles. The second-order valence-electron chi connectivity index (χ2n) is 4.19. The van der Waals surface area contributed by atoms with Crippen LogP contribution < -0.4 is 5.48 Å². The van der Waals surface area contributed by atoms with Crippen molar-refractivity contribution in [2.45, 2.75) is 11.3 Å². The molecule has 0 aliphatic carbocycles. The third-order valence-electron chi connectivity index (χ3n) is 2.68. The van der Waals surface area contributed by atoms with Crippen molar-refractivity contribution in [1.82, 2.24) is 0 Å². The van der Waals surface area contributed by atoms with Crippen molar-refractivity contribution in [3.63, 3.8) is 0 Å². The number of hydrogen-bond acceptors (Lipinski definition) is 4. The van der Waals surface area contributed by atoms with E-state index in [0.29, 0.717) is 13.0 Å². The van der Waals surface area contributed by atoms with Gasteiger partial charge in [-0.25, -0.2) is 0 Å². The molecule has 20 heavy (non-hydrogen) atoms. The molecule has 0 amide bonds. The van der Waals surface area contributed by atoms with Crippen LogP contribution in [0.4, 0.5) is 5.69 Å². The Morgan fingerprint density at radius 2 is 1.65 bits per heavy atom. The molecule has 5 nitrogen and oxygen atoms in total. The monoisotopic (exact) mass is 293 g/mol. The molecule has 0 fully saturated rings. The highest BCUT2D eigenvalue weighted by Gasteiger charge is 2.08. The highest BCUT2D eigenvalue weighted by atomic mass is 32.2. The summed E-state index contributed by atoms with van der Waals surface area (Å²) in [7, 11) is -4.12. The van der Waals surface area contributed by atoms with E-state index in [1.54, 1.807) is 12.1 Å². The molecule has 0 aromatic heterocycles. The summed E-state index contributed by atoms with van der Waals surface area (Å²) in [6.07, 6.45) is 0.631. The molecule has 0 saturated heterocycles. The van der Waals surface area contributed by atoms with Crippen molar-refractivity contribution in [3.05, 3.63) is 60.2 Å². The smallest absolute Gasteiger partial charge is 0.282 e. The molecule has 0 radical (unpaired) electrons. The van der Waals surface area contributed by atoms with Crippen LogP contribution in [-0.2, 0) is 21.4 Å². The maximum absolute atomic E-state index is 10.9. The normalized spacial score (nSPS) is 11.2. The molecule has 2 aromatic carbocycles. The minimum Gasteiger partial charge on any atom is -0.282 e. The molecule has 0 unspecified atom stereocenters. The number of hydrogen-bond donors (Lipinski definition) is 2. The average molecular weight is 293 g/mol. The summed E-state index contributed by atoms with van der Waals surface area (Å²) in [6.45, 7) is 0.445. The standard InChI is InChI=1S/C14H15NO4S/c16-20(17,18)14-8-6-12(7-9-14)10-11-19-15-13-4-2-1-3-5-13/h1-9,15H,10-11H2,(H,16,17,18). The predicted molar refractivity (Wildman–Crippen MR) is 76.0 cm³/mol. The van der Waals surface area contributed by atoms with E-state index in [1.165, 1.54) is 12.1 Å². The maximum Gasteiger partial charge on any atom is 0.294 e. The number of benzene rings is 2. The zero-order valence-corrected chi connectivity index (χ0v) is 11.5. The van der Waals surface area contributed by atoms with E-state index >= 15 is 0 Å². The molecule has 0 aliphatic rings. The van der Waals surface area contributed by atoms with E-state index in [0.717, 1.165) is 11.3 Å². The van der Waals surface area contributed by atoms with E-state index in [1.807, 2.05) is 30.3 Å². The third-order valence-corrected chi connectivity index (χ3v) is 3.55. The van der Waals surface area contributed by atoms with Gasteiger partial charge in [-0.3, -0.25) is 14.9 Å². The predicted octanol–water partition coefficient (Wildman–Crippen LogP) is 2.52. The summed E-state index contributed by atoms with van der Waals surface area (Å²) in [6, 6.07) is 15.5. The zero-order chi connectivity index (χ0) is 14.4. The van der Waals surface area contributed by atoms with Crippen molar-refractivity contribution >= 4 is 15.8 Å². The minimum atomic E-state index is -4.12. The number of nitrogens with one attached hydrogen (secondary N) is 1. The summed E-state index contributed by atoms with van der Waals surface area (Å²) in [4.78, 5) is 5.20. The van der Waals surface area contributed by atoms with Gasteiger partial charge in [-0.1, -0.05) is 30.3 Å². The third kappa shape index (κ3) is 4.34. The fourth-order valence-corrected chi connectivity index (χ4v) is 2.12. The SMILES string of the molecule is O=S(=O)(O)c1ccc(CCONc2ccccc2)cc1. The van der Waals surface area contributed by atoms with E-state index in [4.69, 9.17) is 9.39 Å². The molecule has 0 spiro atoms. The Bertz CT molecular complexity index is 639. The van der Waals surface area contributed by atoms with Crippen molar-refractivity contribution < 1.29 is 17.8 Å². The minimum absolute atomic E-state index is 0.107. The van der Waals surface area contributed by atoms with Gasteiger partial charge in [0.1, 0.15) is 0 Å². The topological polar surface area (TPSA) is 75.6 Å². The van der Waals surface area contributed by atoms with Gasteiger partial charge in [0.05, 0.1) is 17.2 Å². The van der Waals surface area contributed by atoms with Gasteiger partial charge in [0.25, 0.3) is 10.1 Å². The van der Waals surface area contributed by atoms with Gasteiger partial charge in [0, 0.05) is 0 Å². The fourth-order valence-electron chi connectivity index (χ4n) is 1.64. The molecule has 0 saturated carbocycles. The Kier molecular flexibility index (Phi) is 4.73. The molecule has 106 valence electrons. The first-order valence-corrected chi connectivity index (χ1v) is 7.49. The molecule has 2 N–H and O–H groups in total. The highest BCUT2D eigenvalue weighted by molar-refractivity contribution is 7.85. The Morgan fingerprint density at radius 3 is 2.25 bits per heavy atom. The fraction of sp³-hybridized carbons (Fsp3) is 0.143. The first kappa shape index (κ1) is 14.5. The molecular formula is C14H15NO4S. The van der Waals surface area contributed by atoms with Crippen LogP contribution in [-0.4, -0.2) is 19.6 Å². The molecule has 6 heteroatoms. The molecule has 0 bridgehead atoms. The molecule has 0 heterocycles. The van der Waals surface area contributed by atoms with Gasteiger partial charge in [0.2, 0.25) is 0 Å². The summed E-state index contributed by atoms with van der Waals surface area (Å²) in [5.41, 5.74) is 4.61. The first-order chi connectivity index (χ1) is 9.55. The van der Waals surface area contributed by atoms with Crippen molar-refractivity contribution in [1.29, 1.82) is 0 Å². The number of para-hydroxylation sites is 1. The summed E-state index contributed by atoms with van der Waals surface area (Å²) >= 11 is 0. The van der Waals surface area contributed by atoms with Crippen LogP contribution in [0, 0.1) is 0 Å². The first-order valence-electron chi connectivity index (χ1n) is 6.05. The number of anilines is 1. The van der Waals surface area contributed by atoms with Crippen LogP contribution in [0.25, 0.3) is 0 Å². The second-order valence-corrected chi connectivity index (χ2v) is 5.61. The van der Waals surface area contributed by atoms with Gasteiger partial charge in [-0.05, 0) is 36.2 Å². The largest absolute Gasteiger partial charge is 0.294 e. The lowest BCUT2D eigenvalue weighted by atomic mass is 10.2. The lowest BCUT2D eigenvalue weighted by Gasteiger charge is -2.07. The van der Waals surface area contributed by atoms with Gasteiger partial charge in [-0.15, -0.1) is 0 Å². The Hall–Kier alpha value is -1.89. The highest BCUT2D eigenvalue weighted by Crippen LogP contribution is 2.11. The van der Waals surface area contributed by atoms with E-state index in [2.05, 4.69) is 5.48 Å².